The molecule has 1 aliphatic heterocycles. The number of benzene rings is 2. The van der Waals surface area contributed by atoms with E-state index in [2.05, 4.69) is 11.8 Å². The molecule has 0 radical (unpaired) electrons. The second-order valence-corrected chi connectivity index (χ2v) is 7.04. The maximum atomic E-state index is 14.0. The van der Waals surface area contributed by atoms with Crippen LogP contribution < -0.4 is 10.6 Å². The lowest BCUT2D eigenvalue weighted by molar-refractivity contribution is 0.0739. The molecule has 0 aliphatic carbocycles. The van der Waals surface area contributed by atoms with Gasteiger partial charge in [-0.3, -0.25) is 4.90 Å². The fourth-order valence-corrected chi connectivity index (χ4v) is 3.66. The van der Waals surface area contributed by atoms with Crippen molar-refractivity contribution in [3.05, 3.63) is 65.7 Å². The summed E-state index contributed by atoms with van der Waals surface area (Å²) in [5.74, 6) is -1.12. The van der Waals surface area contributed by atoms with Gasteiger partial charge in [0.15, 0.2) is 0 Å². The summed E-state index contributed by atoms with van der Waals surface area (Å²) in [5, 5.41) is 0. The third-order valence-electron chi connectivity index (χ3n) is 5.17. The van der Waals surface area contributed by atoms with Crippen molar-refractivity contribution in [1.82, 2.24) is 4.90 Å². The lowest BCUT2D eigenvalue weighted by Gasteiger charge is -2.40. The Morgan fingerprint density at radius 2 is 1.79 bits per heavy atom. The molecule has 0 aromatic heterocycles. The van der Waals surface area contributed by atoms with Crippen molar-refractivity contribution in [2.45, 2.75) is 25.5 Å². The molecule has 1 heterocycles. The Hall–Kier alpha value is -2.67. The maximum absolute atomic E-state index is 14.0. The van der Waals surface area contributed by atoms with Crippen molar-refractivity contribution in [3.8, 4) is 0 Å². The lowest BCUT2D eigenvalue weighted by Crippen LogP contribution is -2.50. The number of primary amides is 1. The van der Waals surface area contributed by atoms with E-state index in [1.807, 2.05) is 35.2 Å². The zero-order valence-electron chi connectivity index (χ0n) is 15.9. The van der Waals surface area contributed by atoms with Gasteiger partial charge in [0, 0.05) is 44.7 Å². The van der Waals surface area contributed by atoms with Gasteiger partial charge in [-0.15, -0.1) is 0 Å². The molecule has 1 fully saturated rings. The second-order valence-electron chi connectivity index (χ2n) is 7.04. The van der Waals surface area contributed by atoms with Crippen LogP contribution in [0.3, 0.4) is 0 Å². The second kappa shape index (κ2) is 9.01. The number of hydrogen-bond acceptors (Lipinski definition) is 4. The molecule has 3 rings (SSSR count). The largest absolute Gasteiger partial charge is 0.441 e. The molecule has 0 bridgehead atoms. The number of piperazine rings is 1. The van der Waals surface area contributed by atoms with Gasteiger partial charge >= 0.3 is 6.09 Å². The fraction of sp³-hybridized carbons (Fsp3) is 0.381. The molecule has 2 N–H and O–H groups in total. The molecular weight excluding hydrogens is 364 g/mol. The molecular formula is C21H25F2N3O2. The Kier molecular flexibility index (Phi) is 6.46. The molecule has 2 aromatic rings. The van der Waals surface area contributed by atoms with Crippen LogP contribution in [-0.4, -0.2) is 43.2 Å². The molecule has 7 heteroatoms. The van der Waals surface area contributed by atoms with E-state index in [1.54, 1.807) is 0 Å². The summed E-state index contributed by atoms with van der Waals surface area (Å²) in [4.78, 5) is 15.5. The summed E-state index contributed by atoms with van der Waals surface area (Å²) in [6.45, 7) is 4.82. The van der Waals surface area contributed by atoms with Gasteiger partial charge in [0.25, 0.3) is 0 Å². The smallest absolute Gasteiger partial charge is 0.405 e. The molecule has 0 saturated carbocycles. The first-order valence-electron chi connectivity index (χ1n) is 9.39. The van der Waals surface area contributed by atoms with Crippen molar-refractivity contribution in [1.29, 1.82) is 0 Å². The number of anilines is 1. The lowest BCUT2D eigenvalue weighted by atomic mass is 10.0. The predicted molar refractivity (Wildman–Crippen MR) is 104 cm³/mol. The average molecular weight is 389 g/mol. The van der Waals surface area contributed by atoms with E-state index in [1.165, 1.54) is 12.1 Å². The van der Waals surface area contributed by atoms with Gasteiger partial charge in [0.05, 0.1) is 5.69 Å². The number of halogens is 2. The summed E-state index contributed by atoms with van der Waals surface area (Å²) in [6, 6.07) is 13.3. The van der Waals surface area contributed by atoms with Crippen molar-refractivity contribution in [3.63, 3.8) is 0 Å². The Morgan fingerprint density at radius 3 is 2.39 bits per heavy atom. The highest BCUT2D eigenvalue weighted by molar-refractivity contribution is 5.65. The van der Waals surface area contributed by atoms with Crippen molar-refractivity contribution in [2.24, 2.45) is 5.73 Å². The minimum absolute atomic E-state index is 0.143. The topological polar surface area (TPSA) is 58.8 Å². The van der Waals surface area contributed by atoms with E-state index in [-0.39, 0.29) is 6.04 Å². The van der Waals surface area contributed by atoms with Crippen molar-refractivity contribution in [2.75, 3.05) is 31.1 Å². The zero-order valence-corrected chi connectivity index (χ0v) is 15.9. The van der Waals surface area contributed by atoms with Crippen molar-refractivity contribution < 1.29 is 18.3 Å². The van der Waals surface area contributed by atoms with Gasteiger partial charge in [0.2, 0.25) is 0 Å². The highest BCUT2D eigenvalue weighted by atomic mass is 19.1. The minimum Gasteiger partial charge on any atom is -0.441 e. The molecule has 0 spiro atoms. The van der Waals surface area contributed by atoms with Gasteiger partial charge in [-0.25, -0.2) is 13.6 Å². The molecule has 2 atom stereocenters. The Morgan fingerprint density at radius 1 is 1.11 bits per heavy atom. The Labute approximate surface area is 163 Å². The summed E-state index contributed by atoms with van der Waals surface area (Å²) in [6.07, 6.45) is -0.600. The first-order chi connectivity index (χ1) is 13.4. The van der Waals surface area contributed by atoms with Gasteiger partial charge in [0.1, 0.15) is 17.7 Å². The average Bonchev–Trinajstić information content (AvgIpc) is 2.68. The Balaban J connectivity index is 1.60. The van der Waals surface area contributed by atoms with E-state index in [9.17, 15) is 13.6 Å². The zero-order chi connectivity index (χ0) is 20.1. The van der Waals surface area contributed by atoms with Crippen LogP contribution >= 0.6 is 0 Å². The SMILES string of the molecule is CC(CC(OC(N)=O)c1ccccc1)N1CCN(c2ccc(F)cc2F)CC1. The first kappa shape index (κ1) is 20.1. The standard InChI is InChI=1S/C21H25F2N3O2/c1-15(13-20(28-21(24)27)16-5-3-2-4-6-16)25-9-11-26(12-10-25)19-8-7-17(22)14-18(19)23/h2-8,14-15,20H,9-13H2,1H3,(H2,24,27). The third kappa shape index (κ3) is 4.98. The van der Waals surface area contributed by atoms with E-state index in [0.29, 0.717) is 25.2 Å². The first-order valence-corrected chi connectivity index (χ1v) is 9.39. The number of amides is 1. The van der Waals surface area contributed by atoms with Crippen LogP contribution in [-0.2, 0) is 4.74 Å². The van der Waals surface area contributed by atoms with E-state index < -0.39 is 23.8 Å². The monoisotopic (exact) mass is 389 g/mol. The van der Waals surface area contributed by atoms with Gasteiger partial charge < -0.3 is 15.4 Å². The number of ether oxygens (including phenoxy) is 1. The number of hydrogen-bond donors (Lipinski definition) is 1. The summed E-state index contributed by atoms with van der Waals surface area (Å²) in [7, 11) is 0. The molecule has 2 unspecified atom stereocenters. The number of carbonyl (C=O) groups excluding carboxylic acids is 1. The van der Waals surface area contributed by atoms with Crippen molar-refractivity contribution >= 4 is 11.8 Å². The van der Waals surface area contributed by atoms with Gasteiger partial charge in [-0.1, -0.05) is 30.3 Å². The van der Waals surface area contributed by atoms with Gasteiger partial charge in [-0.05, 0) is 24.6 Å². The molecule has 1 aliphatic rings. The number of nitrogens with zero attached hydrogens (tertiary/aromatic N) is 2. The van der Waals surface area contributed by atoms with Crippen LogP contribution in [0.4, 0.5) is 19.3 Å². The van der Waals surface area contributed by atoms with E-state index in [4.69, 9.17) is 10.5 Å². The molecule has 1 saturated heterocycles. The van der Waals surface area contributed by atoms with E-state index in [0.717, 1.165) is 24.7 Å². The molecule has 2 aromatic carbocycles. The molecule has 5 nitrogen and oxygen atoms in total. The molecule has 150 valence electrons. The van der Waals surface area contributed by atoms with Gasteiger partial charge in [-0.2, -0.15) is 0 Å². The highest BCUT2D eigenvalue weighted by Gasteiger charge is 2.26. The number of rotatable bonds is 6. The fourth-order valence-electron chi connectivity index (χ4n) is 3.66. The molecule has 1 amide bonds. The highest BCUT2D eigenvalue weighted by Crippen LogP contribution is 2.27. The van der Waals surface area contributed by atoms with Crippen LogP contribution in [0.2, 0.25) is 0 Å². The molecule has 28 heavy (non-hydrogen) atoms. The van der Waals surface area contributed by atoms with Crippen LogP contribution in [0.1, 0.15) is 25.0 Å². The summed E-state index contributed by atoms with van der Waals surface area (Å²) in [5.41, 5.74) is 6.58. The third-order valence-corrected chi connectivity index (χ3v) is 5.17. The maximum Gasteiger partial charge on any atom is 0.405 e. The Bertz CT molecular complexity index is 795. The van der Waals surface area contributed by atoms with Crippen LogP contribution in [0.25, 0.3) is 0 Å². The van der Waals surface area contributed by atoms with Crippen LogP contribution in [0.5, 0.6) is 0 Å². The summed E-state index contributed by atoms with van der Waals surface area (Å²) >= 11 is 0. The normalized spacial score (nSPS) is 17.2. The number of nitrogens with two attached hydrogens (primary N) is 1. The number of carbonyl (C=O) groups is 1. The predicted octanol–water partition coefficient (Wildman–Crippen LogP) is 3.70. The summed E-state index contributed by atoms with van der Waals surface area (Å²) < 4.78 is 32.5. The van der Waals surface area contributed by atoms with Crippen LogP contribution in [0, 0.1) is 11.6 Å². The van der Waals surface area contributed by atoms with Crippen LogP contribution in [0.15, 0.2) is 48.5 Å². The van der Waals surface area contributed by atoms with E-state index >= 15 is 0 Å². The minimum atomic E-state index is -0.794. The quantitative estimate of drug-likeness (QED) is 0.818.